The first-order chi connectivity index (χ1) is 7.76. The summed E-state index contributed by atoms with van der Waals surface area (Å²) in [7, 11) is 0. The van der Waals surface area contributed by atoms with E-state index in [4.69, 9.17) is 5.11 Å². The monoisotopic (exact) mass is 238 g/mol. The van der Waals surface area contributed by atoms with Crippen molar-refractivity contribution in [2.45, 2.75) is 60.3 Å². The molecule has 1 aliphatic carbocycles. The average Bonchev–Trinajstić information content (AvgIpc) is 2.20. The number of carbonyl (C=O) groups is 1. The molecular formula is C15H26O2. The lowest BCUT2D eigenvalue weighted by Gasteiger charge is -2.49. The summed E-state index contributed by atoms with van der Waals surface area (Å²) in [6.07, 6.45) is 4.24. The summed E-state index contributed by atoms with van der Waals surface area (Å²) in [5, 5.41) is 8.83. The maximum atomic E-state index is 10.7. The summed E-state index contributed by atoms with van der Waals surface area (Å²) < 4.78 is 0. The third-order valence-corrected chi connectivity index (χ3v) is 4.46. The van der Waals surface area contributed by atoms with Crippen molar-refractivity contribution in [3.63, 3.8) is 0 Å². The van der Waals surface area contributed by atoms with Gasteiger partial charge in [0.1, 0.15) is 0 Å². The van der Waals surface area contributed by atoms with Gasteiger partial charge in [-0.25, -0.2) is 0 Å². The van der Waals surface area contributed by atoms with Gasteiger partial charge in [0.2, 0.25) is 0 Å². The predicted octanol–water partition coefficient (Wildman–Crippen LogP) is 4.26. The zero-order valence-electron chi connectivity index (χ0n) is 11.8. The van der Waals surface area contributed by atoms with E-state index in [2.05, 4.69) is 27.7 Å². The van der Waals surface area contributed by atoms with Gasteiger partial charge in [-0.15, -0.1) is 0 Å². The van der Waals surface area contributed by atoms with E-state index in [0.29, 0.717) is 5.41 Å². The zero-order chi connectivity index (χ0) is 13.2. The lowest BCUT2D eigenvalue weighted by molar-refractivity contribution is -0.141. The molecule has 0 heterocycles. The molecule has 1 saturated carbocycles. The van der Waals surface area contributed by atoms with Gasteiger partial charge in [-0.3, -0.25) is 4.79 Å². The van der Waals surface area contributed by atoms with Crippen LogP contribution in [0.3, 0.4) is 0 Å². The average molecular weight is 238 g/mol. The lowest BCUT2D eigenvalue weighted by Crippen LogP contribution is -2.38. The van der Waals surface area contributed by atoms with E-state index in [-0.39, 0.29) is 5.92 Å². The van der Waals surface area contributed by atoms with Crippen molar-refractivity contribution in [2.75, 3.05) is 0 Å². The van der Waals surface area contributed by atoms with Crippen LogP contribution < -0.4 is 0 Å². The van der Waals surface area contributed by atoms with Crippen molar-refractivity contribution in [2.24, 2.45) is 17.3 Å². The molecule has 2 atom stereocenters. The highest BCUT2D eigenvalue weighted by Crippen LogP contribution is 2.54. The highest BCUT2D eigenvalue weighted by Gasteiger charge is 2.42. The van der Waals surface area contributed by atoms with Gasteiger partial charge in [-0.05, 0) is 44.4 Å². The second-order valence-electron chi connectivity index (χ2n) is 6.27. The fourth-order valence-corrected chi connectivity index (χ4v) is 2.99. The molecule has 0 spiro atoms. The van der Waals surface area contributed by atoms with E-state index in [1.54, 1.807) is 12.5 Å². The molecule has 1 aliphatic rings. The lowest BCUT2D eigenvalue weighted by atomic mass is 9.56. The normalized spacial score (nSPS) is 24.1. The third kappa shape index (κ3) is 3.11. The Labute approximate surface area is 105 Å². The molecule has 1 rings (SSSR count). The van der Waals surface area contributed by atoms with Crippen molar-refractivity contribution >= 4 is 5.97 Å². The van der Waals surface area contributed by atoms with Crippen LogP contribution in [0.4, 0.5) is 0 Å². The molecule has 1 fully saturated rings. The Morgan fingerprint density at radius 1 is 1.47 bits per heavy atom. The number of aliphatic carboxylic acids is 1. The Bertz CT molecular complexity index is 322. The van der Waals surface area contributed by atoms with Gasteiger partial charge >= 0.3 is 5.97 Å². The molecule has 0 unspecified atom stereocenters. The quantitative estimate of drug-likeness (QED) is 0.727. The number of allylic oxidation sites excluding steroid dienone is 2. The SMILES string of the molecule is CC(C)=C1C[C@@H](CCC[C@H](C)C(=O)O)C1(C)C. The molecule has 0 aromatic rings. The van der Waals surface area contributed by atoms with Crippen LogP contribution in [-0.2, 0) is 4.79 Å². The van der Waals surface area contributed by atoms with Gasteiger partial charge < -0.3 is 5.11 Å². The topological polar surface area (TPSA) is 37.3 Å². The van der Waals surface area contributed by atoms with Crippen LogP contribution in [0.15, 0.2) is 11.1 Å². The van der Waals surface area contributed by atoms with Gasteiger partial charge in [0.05, 0.1) is 5.92 Å². The summed E-state index contributed by atoms with van der Waals surface area (Å²) >= 11 is 0. The Morgan fingerprint density at radius 2 is 2.06 bits per heavy atom. The zero-order valence-corrected chi connectivity index (χ0v) is 11.8. The minimum absolute atomic E-state index is 0.193. The molecule has 0 radical (unpaired) electrons. The van der Waals surface area contributed by atoms with Gasteiger partial charge in [-0.2, -0.15) is 0 Å². The first-order valence-electron chi connectivity index (χ1n) is 6.66. The fourth-order valence-electron chi connectivity index (χ4n) is 2.99. The number of carboxylic acid groups (broad SMARTS) is 1. The highest BCUT2D eigenvalue weighted by molar-refractivity contribution is 5.69. The maximum Gasteiger partial charge on any atom is 0.306 e. The van der Waals surface area contributed by atoms with Crippen molar-refractivity contribution < 1.29 is 9.90 Å². The molecule has 2 heteroatoms. The van der Waals surface area contributed by atoms with Crippen LogP contribution in [-0.4, -0.2) is 11.1 Å². The van der Waals surface area contributed by atoms with E-state index in [1.807, 2.05) is 0 Å². The smallest absolute Gasteiger partial charge is 0.306 e. The maximum absolute atomic E-state index is 10.7. The summed E-state index contributed by atoms with van der Waals surface area (Å²) in [6.45, 7) is 10.8. The van der Waals surface area contributed by atoms with Crippen molar-refractivity contribution in [1.29, 1.82) is 0 Å². The third-order valence-electron chi connectivity index (χ3n) is 4.46. The van der Waals surface area contributed by atoms with Crippen LogP contribution in [0.1, 0.15) is 60.3 Å². The Morgan fingerprint density at radius 3 is 2.47 bits per heavy atom. The van der Waals surface area contributed by atoms with Crippen LogP contribution in [0.5, 0.6) is 0 Å². The molecule has 0 aromatic carbocycles. The van der Waals surface area contributed by atoms with Gasteiger partial charge in [0, 0.05) is 0 Å². The number of hydrogen-bond acceptors (Lipinski definition) is 1. The second-order valence-corrected chi connectivity index (χ2v) is 6.27. The molecule has 2 nitrogen and oxygen atoms in total. The van der Waals surface area contributed by atoms with Crippen molar-refractivity contribution in [1.82, 2.24) is 0 Å². The van der Waals surface area contributed by atoms with Crippen LogP contribution in [0.25, 0.3) is 0 Å². The molecule has 0 saturated heterocycles. The first-order valence-corrected chi connectivity index (χ1v) is 6.66. The molecule has 0 aliphatic heterocycles. The van der Waals surface area contributed by atoms with E-state index in [1.165, 1.54) is 18.4 Å². The Balaban J connectivity index is 2.37. The molecule has 0 amide bonds. The summed E-state index contributed by atoms with van der Waals surface area (Å²) in [5.74, 6) is -0.114. The fraction of sp³-hybridized carbons (Fsp3) is 0.800. The van der Waals surface area contributed by atoms with E-state index >= 15 is 0 Å². The molecule has 0 aromatic heterocycles. The summed E-state index contributed by atoms with van der Waals surface area (Å²) in [6, 6.07) is 0. The Kier molecular flexibility index (Phi) is 4.40. The number of rotatable bonds is 5. The summed E-state index contributed by atoms with van der Waals surface area (Å²) in [4.78, 5) is 10.7. The predicted molar refractivity (Wildman–Crippen MR) is 70.9 cm³/mol. The molecule has 0 bridgehead atoms. The molecule has 1 N–H and O–H groups in total. The van der Waals surface area contributed by atoms with Gasteiger partial charge in [0.25, 0.3) is 0 Å². The van der Waals surface area contributed by atoms with Crippen molar-refractivity contribution in [3.8, 4) is 0 Å². The van der Waals surface area contributed by atoms with E-state index in [9.17, 15) is 4.79 Å². The minimum atomic E-state index is -0.664. The van der Waals surface area contributed by atoms with E-state index in [0.717, 1.165) is 18.8 Å². The summed E-state index contributed by atoms with van der Waals surface area (Å²) in [5.41, 5.74) is 3.41. The van der Waals surface area contributed by atoms with Crippen LogP contribution >= 0.6 is 0 Å². The number of hydrogen-bond donors (Lipinski definition) is 1. The largest absolute Gasteiger partial charge is 0.481 e. The van der Waals surface area contributed by atoms with E-state index < -0.39 is 5.97 Å². The van der Waals surface area contributed by atoms with Gasteiger partial charge in [0.15, 0.2) is 0 Å². The number of carboxylic acids is 1. The molecule has 98 valence electrons. The highest BCUT2D eigenvalue weighted by atomic mass is 16.4. The second kappa shape index (κ2) is 5.24. The van der Waals surface area contributed by atoms with Crippen LogP contribution in [0, 0.1) is 17.3 Å². The van der Waals surface area contributed by atoms with Crippen LogP contribution in [0.2, 0.25) is 0 Å². The van der Waals surface area contributed by atoms with Gasteiger partial charge in [-0.1, -0.05) is 38.3 Å². The first kappa shape index (κ1) is 14.3. The molecular weight excluding hydrogens is 212 g/mol. The minimum Gasteiger partial charge on any atom is -0.481 e. The van der Waals surface area contributed by atoms with Crippen molar-refractivity contribution in [3.05, 3.63) is 11.1 Å². The Hall–Kier alpha value is -0.790. The molecule has 17 heavy (non-hydrogen) atoms. The standard InChI is InChI=1S/C15H26O2/c1-10(2)13-9-12(15(13,4)5)8-6-7-11(3)14(16)17/h11-12H,6-9H2,1-5H3,(H,16,17)/t11-,12+/m0/s1.